The van der Waals surface area contributed by atoms with Crippen molar-refractivity contribution in [2.75, 3.05) is 9.62 Å². The van der Waals surface area contributed by atoms with Crippen LogP contribution in [0, 0.1) is 0 Å². The summed E-state index contributed by atoms with van der Waals surface area (Å²) in [5.74, 6) is -0.718. The van der Waals surface area contributed by atoms with E-state index in [1.54, 1.807) is 72.8 Å². The monoisotopic (exact) mass is 449 g/mol. The number of primary amides is 1. The van der Waals surface area contributed by atoms with E-state index in [1.165, 1.54) is 4.31 Å². The third-order valence-corrected chi connectivity index (χ3v) is 7.33. The van der Waals surface area contributed by atoms with E-state index in [9.17, 15) is 18.0 Å². The smallest absolute Gasteiger partial charge is 0.264 e. The van der Waals surface area contributed by atoms with Crippen LogP contribution in [0.2, 0.25) is 0 Å². The molecule has 0 fully saturated rings. The topological polar surface area (TPSA) is 110 Å². The zero-order chi connectivity index (χ0) is 22.9. The average molecular weight is 450 g/mol. The molecular formula is C24H23N3O4S. The van der Waals surface area contributed by atoms with Gasteiger partial charge in [0.05, 0.1) is 17.0 Å². The van der Waals surface area contributed by atoms with Gasteiger partial charge in [0.2, 0.25) is 5.91 Å². The number of anilines is 2. The standard InChI is InChI=1S/C24H23N3O4S/c1-16-13-19-15-18(24(29)26-20-10-7-17(8-11-20)14-23(25)28)9-12-22(19)27(16)32(30,31)21-5-3-2-4-6-21/h2-12,15-16H,13-14H2,1H3,(H2,25,28)(H,26,29)/t16-/m0/s1. The Bertz CT molecular complexity index is 1270. The van der Waals surface area contributed by atoms with Gasteiger partial charge in [-0.3, -0.25) is 13.9 Å². The normalized spacial score (nSPS) is 15.3. The second-order valence-electron chi connectivity index (χ2n) is 7.80. The predicted octanol–water partition coefficient (Wildman–Crippen LogP) is 3.11. The highest BCUT2D eigenvalue weighted by Crippen LogP contribution is 2.37. The van der Waals surface area contributed by atoms with Gasteiger partial charge in [-0.15, -0.1) is 0 Å². The van der Waals surface area contributed by atoms with E-state index >= 15 is 0 Å². The van der Waals surface area contributed by atoms with Crippen LogP contribution in [-0.2, 0) is 27.7 Å². The first kappa shape index (κ1) is 21.6. The summed E-state index contributed by atoms with van der Waals surface area (Å²) in [7, 11) is -3.70. The lowest BCUT2D eigenvalue weighted by Gasteiger charge is -2.24. The first-order valence-electron chi connectivity index (χ1n) is 10.2. The molecule has 4 rings (SSSR count). The Morgan fingerprint density at radius 2 is 1.72 bits per heavy atom. The largest absolute Gasteiger partial charge is 0.369 e. The number of nitrogens with two attached hydrogens (primary N) is 1. The Hall–Kier alpha value is -3.65. The molecule has 0 radical (unpaired) electrons. The molecule has 0 saturated carbocycles. The molecule has 1 atom stereocenters. The number of carbonyl (C=O) groups excluding carboxylic acids is 2. The fourth-order valence-electron chi connectivity index (χ4n) is 3.93. The van der Waals surface area contributed by atoms with Crippen LogP contribution in [0.1, 0.15) is 28.4 Å². The van der Waals surface area contributed by atoms with E-state index in [0.29, 0.717) is 23.4 Å². The highest BCUT2D eigenvalue weighted by molar-refractivity contribution is 7.92. The maximum absolute atomic E-state index is 13.2. The molecule has 3 aromatic carbocycles. The number of rotatable bonds is 6. The highest BCUT2D eigenvalue weighted by Gasteiger charge is 2.36. The van der Waals surface area contributed by atoms with Crippen LogP contribution in [0.4, 0.5) is 11.4 Å². The Morgan fingerprint density at radius 3 is 2.38 bits per heavy atom. The number of hydrogen-bond acceptors (Lipinski definition) is 4. The fourth-order valence-corrected chi connectivity index (χ4v) is 5.64. The zero-order valence-electron chi connectivity index (χ0n) is 17.5. The number of carbonyl (C=O) groups is 2. The Kier molecular flexibility index (Phi) is 5.71. The summed E-state index contributed by atoms with van der Waals surface area (Å²) < 4.78 is 27.8. The third kappa shape index (κ3) is 4.22. The first-order chi connectivity index (χ1) is 15.3. The molecule has 3 aromatic rings. The minimum absolute atomic E-state index is 0.139. The fraction of sp³-hybridized carbons (Fsp3) is 0.167. The van der Waals surface area contributed by atoms with Crippen molar-refractivity contribution in [3.05, 3.63) is 89.5 Å². The predicted molar refractivity (Wildman–Crippen MR) is 123 cm³/mol. The van der Waals surface area contributed by atoms with Gasteiger partial charge in [-0.1, -0.05) is 30.3 Å². The van der Waals surface area contributed by atoms with Crippen LogP contribution in [0.5, 0.6) is 0 Å². The molecule has 32 heavy (non-hydrogen) atoms. The summed E-state index contributed by atoms with van der Waals surface area (Å²) in [6, 6.07) is 20.0. The van der Waals surface area contributed by atoms with Crippen LogP contribution in [0.15, 0.2) is 77.7 Å². The average Bonchev–Trinajstić information content (AvgIpc) is 3.11. The number of benzene rings is 3. The van der Waals surface area contributed by atoms with Crippen molar-refractivity contribution >= 4 is 33.2 Å². The van der Waals surface area contributed by atoms with E-state index in [4.69, 9.17) is 5.73 Å². The number of nitrogens with one attached hydrogen (secondary N) is 1. The Morgan fingerprint density at radius 1 is 1.03 bits per heavy atom. The van der Waals surface area contributed by atoms with Crippen LogP contribution in [0.25, 0.3) is 0 Å². The lowest BCUT2D eigenvalue weighted by atomic mass is 10.1. The molecule has 0 aromatic heterocycles. The molecule has 0 unspecified atom stereocenters. The van der Waals surface area contributed by atoms with Crippen LogP contribution < -0.4 is 15.4 Å². The van der Waals surface area contributed by atoms with Crippen molar-refractivity contribution in [2.24, 2.45) is 5.73 Å². The van der Waals surface area contributed by atoms with E-state index in [2.05, 4.69) is 5.32 Å². The van der Waals surface area contributed by atoms with Crippen molar-refractivity contribution in [3.63, 3.8) is 0 Å². The van der Waals surface area contributed by atoms with Gasteiger partial charge < -0.3 is 11.1 Å². The molecule has 0 saturated heterocycles. The SMILES string of the molecule is C[C@H]1Cc2cc(C(=O)Nc3ccc(CC(N)=O)cc3)ccc2N1S(=O)(=O)c1ccccc1. The first-order valence-corrected chi connectivity index (χ1v) is 11.6. The number of amides is 2. The van der Waals surface area contributed by atoms with Gasteiger partial charge in [0.1, 0.15) is 0 Å². The number of hydrogen-bond donors (Lipinski definition) is 2. The van der Waals surface area contributed by atoms with Crippen LogP contribution in [0.3, 0.4) is 0 Å². The summed E-state index contributed by atoms with van der Waals surface area (Å²) in [6.07, 6.45) is 0.657. The van der Waals surface area contributed by atoms with Crippen molar-refractivity contribution in [1.82, 2.24) is 0 Å². The molecular weight excluding hydrogens is 426 g/mol. The summed E-state index contributed by atoms with van der Waals surface area (Å²) in [4.78, 5) is 24.0. The summed E-state index contributed by atoms with van der Waals surface area (Å²) in [5.41, 5.74) is 8.39. The molecule has 1 aliphatic heterocycles. The maximum atomic E-state index is 13.2. The maximum Gasteiger partial charge on any atom is 0.264 e. The van der Waals surface area contributed by atoms with E-state index < -0.39 is 15.9 Å². The van der Waals surface area contributed by atoms with E-state index in [0.717, 1.165) is 11.1 Å². The minimum atomic E-state index is -3.70. The molecule has 1 heterocycles. The molecule has 8 heteroatoms. The van der Waals surface area contributed by atoms with Crippen molar-refractivity contribution in [3.8, 4) is 0 Å². The van der Waals surface area contributed by atoms with Gasteiger partial charge in [-0.25, -0.2) is 8.42 Å². The van der Waals surface area contributed by atoms with Crippen molar-refractivity contribution < 1.29 is 18.0 Å². The number of sulfonamides is 1. The van der Waals surface area contributed by atoms with Crippen LogP contribution >= 0.6 is 0 Å². The summed E-state index contributed by atoms with van der Waals surface area (Å²) in [5, 5.41) is 2.82. The molecule has 0 aliphatic carbocycles. The molecule has 3 N–H and O–H groups in total. The van der Waals surface area contributed by atoms with E-state index in [1.807, 2.05) is 6.92 Å². The van der Waals surface area contributed by atoms with Crippen molar-refractivity contribution in [1.29, 1.82) is 0 Å². The lowest BCUT2D eigenvalue weighted by molar-refractivity contribution is -0.117. The second kappa shape index (κ2) is 8.47. The van der Waals surface area contributed by atoms with Gasteiger partial charge in [0.15, 0.2) is 0 Å². The highest BCUT2D eigenvalue weighted by atomic mass is 32.2. The van der Waals surface area contributed by atoms with Gasteiger partial charge in [0.25, 0.3) is 15.9 Å². The molecule has 0 spiro atoms. The van der Waals surface area contributed by atoms with Gasteiger partial charge in [0, 0.05) is 17.3 Å². The Labute approximate surface area is 186 Å². The van der Waals surface area contributed by atoms with Gasteiger partial charge in [-0.2, -0.15) is 0 Å². The number of fused-ring (bicyclic) bond motifs is 1. The Balaban J connectivity index is 1.55. The third-order valence-electron chi connectivity index (χ3n) is 5.38. The second-order valence-corrected chi connectivity index (χ2v) is 9.62. The number of nitrogens with zero attached hydrogens (tertiary/aromatic N) is 1. The molecule has 2 amide bonds. The van der Waals surface area contributed by atoms with Crippen molar-refractivity contribution in [2.45, 2.75) is 30.7 Å². The minimum Gasteiger partial charge on any atom is -0.369 e. The lowest BCUT2D eigenvalue weighted by Crippen LogP contribution is -2.35. The van der Waals surface area contributed by atoms with E-state index in [-0.39, 0.29) is 23.3 Å². The van der Waals surface area contributed by atoms with Gasteiger partial charge >= 0.3 is 0 Å². The quantitative estimate of drug-likeness (QED) is 0.602. The summed E-state index contributed by atoms with van der Waals surface area (Å²) >= 11 is 0. The molecule has 0 bridgehead atoms. The molecule has 164 valence electrons. The van der Waals surface area contributed by atoms with Crippen LogP contribution in [-0.4, -0.2) is 26.3 Å². The molecule has 1 aliphatic rings. The summed E-state index contributed by atoms with van der Waals surface area (Å²) in [6.45, 7) is 1.86. The van der Waals surface area contributed by atoms with Gasteiger partial charge in [-0.05, 0) is 66.9 Å². The molecule has 7 nitrogen and oxygen atoms in total. The zero-order valence-corrected chi connectivity index (χ0v) is 18.3.